The molecule has 0 aliphatic rings. The molecule has 23 heavy (non-hydrogen) atoms. The molecule has 2 rings (SSSR count). The molecule has 2 aromatic carbocycles. The first-order valence-electron chi connectivity index (χ1n) is 6.12. The number of nitrogens with zero attached hydrogens (tertiary/aromatic N) is 1. The summed E-state index contributed by atoms with van der Waals surface area (Å²) in [7, 11) is 0. The van der Waals surface area contributed by atoms with Gasteiger partial charge >= 0.3 is 0 Å². The van der Waals surface area contributed by atoms with Gasteiger partial charge in [-0.05, 0) is 30.5 Å². The highest BCUT2D eigenvalue weighted by atomic mass is 32.2. The van der Waals surface area contributed by atoms with Crippen molar-refractivity contribution in [1.29, 1.82) is 0 Å². The maximum atomic E-state index is 13.6. The maximum Gasteiger partial charge on any atom is 0.282 e. The fourth-order valence-electron chi connectivity index (χ4n) is 1.80. The van der Waals surface area contributed by atoms with Crippen molar-refractivity contribution in [3.63, 3.8) is 0 Å². The summed E-state index contributed by atoms with van der Waals surface area (Å²) in [5.74, 6) is -5.73. The predicted octanol–water partition coefficient (Wildman–Crippen LogP) is 3.99. The summed E-state index contributed by atoms with van der Waals surface area (Å²) >= 11 is 1.25. The Morgan fingerprint density at radius 2 is 1.87 bits per heavy atom. The van der Waals surface area contributed by atoms with Crippen molar-refractivity contribution < 1.29 is 22.9 Å². The standard InChI is InChI=1S/C14H9F3N2O3S/c1-23-7-2-5-11(19(21)22)8(6-7)14(20)18-10-4-3-9(15)12(16)13(10)17/h2-6H,1H3,(H,18,20). The van der Waals surface area contributed by atoms with Crippen molar-refractivity contribution in [2.75, 3.05) is 11.6 Å². The highest BCUT2D eigenvalue weighted by Crippen LogP contribution is 2.26. The lowest BCUT2D eigenvalue weighted by Crippen LogP contribution is -2.15. The monoisotopic (exact) mass is 342 g/mol. The fourth-order valence-corrected chi connectivity index (χ4v) is 2.24. The van der Waals surface area contributed by atoms with Crippen LogP contribution in [-0.2, 0) is 0 Å². The Kier molecular flexibility index (Phi) is 4.89. The average molecular weight is 342 g/mol. The third-order valence-electron chi connectivity index (χ3n) is 2.93. The van der Waals surface area contributed by atoms with E-state index < -0.39 is 39.7 Å². The van der Waals surface area contributed by atoms with Gasteiger partial charge in [-0.15, -0.1) is 11.8 Å². The summed E-state index contributed by atoms with van der Waals surface area (Å²) < 4.78 is 39.6. The van der Waals surface area contributed by atoms with Crippen LogP contribution in [-0.4, -0.2) is 17.1 Å². The van der Waals surface area contributed by atoms with Crippen LogP contribution in [0.25, 0.3) is 0 Å². The third-order valence-corrected chi connectivity index (χ3v) is 3.65. The maximum absolute atomic E-state index is 13.6. The molecule has 0 aliphatic heterocycles. The Balaban J connectivity index is 2.41. The quantitative estimate of drug-likeness (QED) is 0.395. The number of nitro benzene ring substituents is 1. The van der Waals surface area contributed by atoms with Gasteiger partial charge in [0.05, 0.1) is 10.6 Å². The number of hydrogen-bond acceptors (Lipinski definition) is 4. The number of anilines is 1. The molecule has 5 nitrogen and oxygen atoms in total. The molecule has 1 N–H and O–H groups in total. The van der Waals surface area contributed by atoms with E-state index in [4.69, 9.17) is 0 Å². The predicted molar refractivity (Wildman–Crippen MR) is 79.1 cm³/mol. The Hall–Kier alpha value is -2.55. The summed E-state index contributed by atoms with van der Waals surface area (Å²) in [4.78, 5) is 22.9. The number of nitrogens with one attached hydrogen (secondary N) is 1. The largest absolute Gasteiger partial charge is 0.319 e. The van der Waals surface area contributed by atoms with Crippen LogP contribution in [0.15, 0.2) is 35.2 Å². The lowest BCUT2D eigenvalue weighted by Gasteiger charge is -2.08. The Morgan fingerprint density at radius 1 is 1.17 bits per heavy atom. The zero-order valence-electron chi connectivity index (χ0n) is 11.6. The number of carbonyl (C=O) groups excluding carboxylic acids is 1. The zero-order valence-corrected chi connectivity index (χ0v) is 12.4. The van der Waals surface area contributed by atoms with E-state index in [-0.39, 0.29) is 5.56 Å². The van der Waals surface area contributed by atoms with E-state index >= 15 is 0 Å². The highest BCUT2D eigenvalue weighted by molar-refractivity contribution is 7.98. The SMILES string of the molecule is CSc1ccc([N+](=O)[O-])c(C(=O)Nc2ccc(F)c(F)c2F)c1. The van der Waals surface area contributed by atoms with Gasteiger partial charge in [0.15, 0.2) is 17.5 Å². The Labute approximate surface area is 132 Å². The van der Waals surface area contributed by atoms with Crippen LogP contribution in [0.5, 0.6) is 0 Å². The minimum absolute atomic E-state index is 0.314. The second-order valence-corrected chi connectivity index (χ2v) is 5.20. The van der Waals surface area contributed by atoms with E-state index in [2.05, 4.69) is 0 Å². The minimum Gasteiger partial charge on any atom is -0.319 e. The first kappa shape index (κ1) is 16.8. The molecule has 2 aromatic rings. The van der Waals surface area contributed by atoms with Crippen LogP contribution in [0.1, 0.15) is 10.4 Å². The lowest BCUT2D eigenvalue weighted by molar-refractivity contribution is -0.385. The van der Waals surface area contributed by atoms with Gasteiger partial charge < -0.3 is 5.32 Å². The number of halogens is 3. The molecule has 0 atom stereocenters. The van der Waals surface area contributed by atoms with E-state index in [1.807, 2.05) is 5.32 Å². The van der Waals surface area contributed by atoms with Crippen LogP contribution < -0.4 is 5.32 Å². The van der Waals surface area contributed by atoms with E-state index in [1.54, 1.807) is 6.26 Å². The topological polar surface area (TPSA) is 72.2 Å². The van der Waals surface area contributed by atoms with Gasteiger partial charge in [0.2, 0.25) is 0 Å². The molecule has 0 saturated carbocycles. The van der Waals surface area contributed by atoms with Crippen molar-refractivity contribution in [2.24, 2.45) is 0 Å². The minimum atomic E-state index is -1.74. The summed E-state index contributed by atoms with van der Waals surface area (Å²) in [6.45, 7) is 0. The summed E-state index contributed by atoms with van der Waals surface area (Å²) in [6.07, 6.45) is 1.71. The van der Waals surface area contributed by atoms with Gasteiger partial charge in [-0.3, -0.25) is 14.9 Å². The van der Waals surface area contributed by atoms with Crippen molar-refractivity contribution in [2.45, 2.75) is 4.90 Å². The van der Waals surface area contributed by atoms with E-state index in [0.717, 1.165) is 12.1 Å². The molecular weight excluding hydrogens is 333 g/mol. The molecule has 0 heterocycles. The van der Waals surface area contributed by atoms with E-state index in [1.165, 1.54) is 23.9 Å². The molecular formula is C14H9F3N2O3S. The van der Waals surface area contributed by atoms with Crippen molar-refractivity contribution in [3.8, 4) is 0 Å². The van der Waals surface area contributed by atoms with Gasteiger partial charge in [0.1, 0.15) is 5.56 Å². The summed E-state index contributed by atoms with van der Waals surface area (Å²) in [6, 6.07) is 5.33. The van der Waals surface area contributed by atoms with Crippen LogP contribution in [0, 0.1) is 27.6 Å². The molecule has 0 bridgehead atoms. The number of rotatable bonds is 4. The molecule has 0 spiro atoms. The smallest absolute Gasteiger partial charge is 0.282 e. The number of nitro groups is 1. The molecule has 9 heteroatoms. The lowest BCUT2D eigenvalue weighted by atomic mass is 10.1. The number of thioether (sulfide) groups is 1. The van der Waals surface area contributed by atoms with Crippen molar-refractivity contribution in [1.82, 2.24) is 0 Å². The first-order chi connectivity index (χ1) is 10.8. The molecule has 0 fully saturated rings. The van der Waals surface area contributed by atoms with E-state index in [0.29, 0.717) is 11.0 Å². The number of benzene rings is 2. The number of hydrogen-bond donors (Lipinski definition) is 1. The fraction of sp³-hybridized carbons (Fsp3) is 0.0714. The third kappa shape index (κ3) is 3.45. The van der Waals surface area contributed by atoms with Gasteiger partial charge in [-0.25, -0.2) is 13.2 Å². The Bertz CT molecular complexity index is 799. The zero-order chi connectivity index (χ0) is 17.1. The van der Waals surface area contributed by atoms with Crippen LogP contribution >= 0.6 is 11.8 Å². The normalized spacial score (nSPS) is 10.4. The molecule has 120 valence electrons. The summed E-state index contributed by atoms with van der Waals surface area (Å²) in [5.41, 5.74) is -1.41. The van der Waals surface area contributed by atoms with E-state index in [9.17, 15) is 28.1 Å². The average Bonchev–Trinajstić information content (AvgIpc) is 2.54. The molecule has 1 amide bonds. The van der Waals surface area contributed by atoms with Gasteiger partial charge in [0, 0.05) is 11.0 Å². The van der Waals surface area contributed by atoms with Crippen LogP contribution in [0.2, 0.25) is 0 Å². The van der Waals surface area contributed by atoms with Crippen LogP contribution in [0.4, 0.5) is 24.5 Å². The highest BCUT2D eigenvalue weighted by Gasteiger charge is 2.23. The molecule has 0 radical (unpaired) electrons. The van der Waals surface area contributed by atoms with Gasteiger partial charge in [0.25, 0.3) is 11.6 Å². The molecule has 0 unspecified atom stereocenters. The van der Waals surface area contributed by atoms with Crippen LogP contribution in [0.3, 0.4) is 0 Å². The second kappa shape index (κ2) is 6.69. The summed E-state index contributed by atoms with van der Waals surface area (Å²) in [5, 5.41) is 13.0. The Morgan fingerprint density at radius 3 is 2.48 bits per heavy atom. The first-order valence-corrected chi connectivity index (χ1v) is 7.35. The molecule has 0 aliphatic carbocycles. The molecule has 0 saturated heterocycles. The molecule has 0 aromatic heterocycles. The number of carbonyl (C=O) groups is 1. The van der Waals surface area contributed by atoms with Gasteiger partial charge in [-0.1, -0.05) is 0 Å². The van der Waals surface area contributed by atoms with Gasteiger partial charge in [-0.2, -0.15) is 0 Å². The number of amides is 1. The van der Waals surface area contributed by atoms with Crippen molar-refractivity contribution >= 4 is 29.0 Å². The second-order valence-electron chi connectivity index (χ2n) is 4.32. The van der Waals surface area contributed by atoms with Crippen molar-refractivity contribution in [3.05, 3.63) is 63.5 Å².